The molecule has 2 rings (SSSR count). The second-order valence-corrected chi connectivity index (χ2v) is 5.93. The average molecular weight is 367 g/mol. The lowest BCUT2D eigenvalue weighted by molar-refractivity contribution is -0.145. The molecule has 9 heteroatoms. The third-order valence-corrected chi connectivity index (χ3v) is 3.73. The summed E-state index contributed by atoms with van der Waals surface area (Å²) in [5.74, 6) is -2.38. The minimum atomic E-state index is -4.74. The van der Waals surface area contributed by atoms with E-state index >= 15 is 0 Å². The number of carbonyl (C=O) groups excluding carboxylic acids is 1. The van der Waals surface area contributed by atoms with Crippen molar-refractivity contribution in [3.63, 3.8) is 0 Å². The molecule has 2 aromatic rings. The first-order valence-corrected chi connectivity index (χ1v) is 8.05. The first-order chi connectivity index (χ1) is 12.2. The number of aromatic nitrogens is 3. The molecule has 1 unspecified atom stereocenters. The van der Waals surface area contributed by atoms with Crippen LogP contribution >= 0.6 is 0 Å². The lowest BCUT2D eigenvalue weighted by atomic mass is 10.1. The number of carbonyl (C=O) groups is 1. The summed E-state index contributed by atoms with van der Waals surface area (Å²) in [5, 5.41) is 2.86. The van der Waals surface area contributed by atoms with E-state index in [1.165, 1.54) is 14.0 Å². The van der Waals surface area contributed by atoms with Crippen LogP contribution in [0.5, 0.6) is 0 Å². The SMILES string of the molecule is CC(=O)N(C)c1nc(NC(C)CCc2ccccc2)nc(C(F)(F)F)n1. The molecule has 140 valence electrons. The van der Waals surface area contributed by atoms with E-state index in [1.54, 1.807) is 0 Å². The van der Waals surface area contributed by atoms with E-state index in [1.807, 2.05) is 37.3 Å². The van der Waals surface area contributed by atoms with Gasteiger partial charge in [0.25, 0.3) is 0 Å². The average Bonchev–Trinajstić information content (AvgIpc) is 2.59. The predicted octanol–water partition coefficient (Wildman–Crippen LogP) is 3.31. The zero-order valence-electron chi connectivity index (χ0n) is 14.7. The summed E-state index contributed by atoms with van der Waals surface area (Å²) in [4.78, 5) is 23.1. The van der Waals surface area contributed by atoms with E-state index in [2.05, 4.69) is 20.3 Å². The Labute approximate surface area is 149 Å². The Balaban J connectivity index is 2.16. The van der Waals surface area contributed by atoms with Gasteiger partial charge in [-0.3, -0.25) is 9.69 Å². The van der Waals surface area contributed by atoms with Crippen LogP contribution in [0.4, 0.5) is 25.1 Å². The summed E-state index contributed by atoms with van der Waals surface area (Å²) in [5.41, 5.74) is 1.13. The lowest BCUT2D eigenvalue weighted by Gasteiger charge is -2.18. The van der Waals surface area contributed by atoms with Crippen molar-refractivity contribution in [3.05, 3.63) is 41.7 Å². The summed E-state index contributed by atoms with van der Waals surface area (Å²) in [6.07, 6.45) is -3.31. The van der Waals surface area contributed by atoms with Crippen LogP contribution in [0, 0.1) is 0 Å². The molecule has 0 saturated carbocycles. The molecule has 0 aliphatic carbocycles. The summed E-state index contributed by atoms with van der Waals surface area (Å²) >= 11 is 0. The second-order valence-electron chi connectivity index (χ2n) is 5.93. The van der Waals surface area contributed by atoms with Crippen molar-refractivity contribution in [1.29, 1.82) is 0 Å². The lowest BCUT2D eigenvalue weighted by Crippen LogP contribution is -2.28. The van der Waals surface area contributed by atoms with Crippen LogP contribution in [0.2, 0.25) is 0 Å². The van der Waals surface area contributed by atoms with Gasteiger partial charge >= 0.3 is 6.18 Å². The maximum Gasteiger partial charge on any atom is 0.451 e. The van der Waals surface area contributed by atoms with E-state index in [4.69, 9.17) is 0 Å². The number of amides is 1. The quantitative estimate of drug-likeness (QED) is 0.848. The number of hydrogen-bond donors (Lipinski definition) is 1. The van der Waals surface area contributed by atoms with Crippen LogP contribution in [0.25, 0.3) is 0 Å². The van der Waals surface area contributed by atoms with Crippen molar-refractivity contribution in [3.8, 4) is 0 Å². The zero-order valence-corrected chi connectivity index (χ0v) is 14.7. The van der Waals surface area contributed by atoms with E-state index in [0.717, 1.165) is 16.9 Å². The number of benzene rings is 1. The third-order valence-electron chi connectivity index (χ3n) is 3.73. The van der Waals surface area contributed by atoms with Crippen molar-refractivity contribution in [2.75, 3.05) is 17.3 Å². The topological polar surface area (TPSA) is 71.0 Å². The van der Waals surface area contributed by atoms with E-state index in [-0.39, 0.29) is 17.9 Å². The van der Waals surface area contributed by atoms with Gasteiger partial charge in [0.05, 0.1) is 0 Å². The maximum absolute atomic E-state index is 13.0. The number of hydrogen-bond acceptors (Lipinski definition) is 5. The van der Waals surface area contributed by atoms with Gasteiger partial charge in [0.2, 0.25) is 23.6 Å². The van der Waals surface area contributed by atoms with E-state index in [0.29, 0.717) is 6.42 Å². The number of anilines is 2. The van der Waals surface area contributed by atoms with Gasteiger partial charge < -0.3 is 5.32 Å². The smallest absolute Gasteiger partial charge is 0.352 e. The number of nitrogens with zero attached hydrogens (tertiary/aromatic N) is 4. The Bertz CT molecular complexity index is 752. The molecule has 6 nitrogen and oxygen atoms in total. The molecule has 1 aromatic heterocycles. The van der Waals surface area contributed by atoms with E-state index < -0.39 is 17.9 Å². The third kappa shape index (κ3) is 5.40. The Morgan fingerprint density at radius 1 is 1.19 bits per heavy atom. The Hall–Kier alpha value is -2.71. The summed E-state index contributed by atoms with van der Waals surface area (Å²) in [6, 6.07) is 9.57. The monoisotopic (exact) mass is 367 g/mol. The predicted molar refractivity (Wildman–Crippen MR) is 91.8 cm³/mol. The molecule has 1 heterocycles. The Kier molecular flexibility index (Phi) is 6.12. The largest absolute Gasteiger partial charge is 0.451 e. The van der Waals surface area contributed by atoms with Gasteiger partial charge in [0, 0.05) is 20.0 Å². The number of halogens is 3. The highest BCUT2D eigenvalue weighted by atomic mass is 19.4. The molecule has 26 heavy (non-hydrogen) atoms. The van der Waals surface area contributed by atoms with Crippen LogP contribution in [0.15, 0.2) is 30.3 Å². The molecular formula is C17H20F3N5O. The fourth-order valence-corrected chi connectivity index (χ4v) is 2.17. The van der Waals surface area contributed by atoms with Crippen molar-refractivity contribution in [2.45, 2.75) is 38.9 Å². The molecule has 0 aliphatic heterocycles. The fourth-order valence-electron chi connectivity index (χ4n) is 2.17. The number of nitrogens with one attached hydrogen (secondary N) is 1. The maximum atomic E-state index is 13.0. The van der Waals surface area contributed by atoms with Crippen LogP contribution in [-0.2, 0) is 17.4 Å². The summed E-state index contributed by atoms with van der Waals surface area (Å²) in [7, 11) is 1.31. The van der Waals surface area contributed by atoms with Gasteiger partial charge in [0.1, 0.15) is 0 Å². The first kappa shape index (κ1) is 19.6. The van der Waals surface area contributed by atoms with Gasteiger partial charge in [-0.05, 0) is 25.3 Å². The highest BCUT2D eigenvalue weighted by Crippen LogP contribution is 2.28. The van der Waals surface area contributed by atoms with Crippen molar-refractivity contribution in [1.82, 2.24) is 15.0 Å². The van der Waals surface area contributed by atoms with Gasteiger partial charge in [-0.2, -0.15) is 28.1 Å². The molecular weight excluding hydrogens is 347 g/mol. The van der Waals surface area contributed by atoms with Gasteiger partial charge in [-0.15, -0.1) is 0 Å². The second kappa shape index (κ2) is 8.11. The van der Waals surface area contributed by atoms with Crippen LogP contribution in [0.3, 0.4) is 0 Å². The Morgan fingerprint density at radius 3 is 2.42 bits per heavy atom. The van der Waals surface area contributed by atoms with Gasteiger partial charge in [-0.25, -0.2) is 0 Å². The van der Waals surface area contributed by atoms with Crippen molar-refractivity contribution < 1.29 is 18.0 Å². The molecule has 0 aliphatic rings. The standard InChI is InChI=1S/C17H20F3N5O/c1-11(9-10-13-7-5-4-6-8-13)21-15-22-14(17(18,19)20)23-16(24-15)25(3)12(2)26/h4-8,11H,9-10H2,1-3H3,(H,21,22,23,24). The number of rotatable bonds is 6. The number of aryl methyl sites for hydroxylation is 1. The van der Waals surface area contributed by atoms with Gasteiger partial charge in [-0.1, -0.05) is 30.3 Å². The summed E-state index contributed by atoms with van der Waals surface area (Å²) < 4.78 is 39.1. The van der Waals surface area contributed by atoms with E-state index in [9.17, 15) is 18.0 Å². The molecule has 0 radical (unpaired) electrons. The summed E-state index contributed by atoms with van der Waals surface area (Å²) in [6.45, 7) is 3.04. The molecule has 0 fully saturated rings. The van der Waals surface area contributed by atoms with Gasteiger partial charge in [0.15, 0.2) is 0 Å². The zero-order chi connectivity index (χ0) is 19.3. The van der Waals surface area contributed by atoms with Crippen molar-refractivity contribution >= 4 is 17.8 Å². The van der Waals surface area contributed by atoms with Crippen LogP contribution < -0.4 is 10.2 Å². The van der Waals surface area contributed by atoms with Crippen LogP contribution in [-0.4, -0.2) is 33.9 Å². The Morgan fingerprint density at radius 2 is 1.85 bits per heavy atom. The fraction of sp³-hybridized carbons (Fsp3) is 0.412. The first-order valence-electron chi connectivity index (χ1n) is 8.05. The molecule has 1 N–H and O–H groups in total. The molecule has 0 spiro atoms. The minimum absolute atomic E-state index is 0.172. The minimum Gasteiger partial charge on any atom is -0.352 e. The molecule has 1 atom stereocenters. The molecule has 1 aromatic carbocycles. The molecule has 0 saturated heterocycles. The highest BCUT2D eigenvalue weighted by Gasteiger charge is 2.36. The highest BCUT2D eigenvalue weighted by molar-refractivity contribution is 5.88. The number of alkyl halides is 3. The molecule has 1 amide bonds. The molecule has 0 bridgehead atoms. The van der Waals surface area contributed by atoms with Crippen LogP contribution in [0.1, 0.15) is 31.7 Å². The normalized spacial score (nSPS) is 12.5. The van der Waals surface area contributed by atoms with Crippen molar-refractivity contribution in [2.24, 2.45) is 0 Å².